The lowest BCUT2D eigenvalue weighted by Crippen LogP contribution is -2.15. The minimum absolute atomic E-state index is 0.0889. The molecule has 0 aliphatic heterocycles. The van der Waals surface area contributed by atoms with Crippen LogP contribution in [0.25, 0.3) is 11.3 Å². The molecule has 28 heavy (non-hydrogen) atoms. The standard InChI is InChI=1S/C20H14F3NO4/c21-14-4-1-12(2-5-14)18-10-24-19(28-18)7-8-20(26)27-11-17(25)13-3-6-15(22)16(23)9-13/h1-6,9-10H,7-8,11H2. The van der Waals surface area contributed by atoms with Gasteiger partial charge in [-0.3, -0.25) is 9.59 Å². The number of hydrogen-bond acceptors (Lipinski definition) is 5. The largest absolute Gasteiger partial charge is 0.457 e. The highest BCUT2D eigenvalue weighted by molar-refractivity contribution is 5.97. The molecule has 0 fully saturated rings. The summed E-state index contributed by atoms with van der Waals surface area (Å²) in [5, 5.41) is 0. The van der Waals surface area contributed by atoms with E-state index in [-0.39, 0.29) is 30.1 Å². The summed E-state index contributed by atoms with van der Waals surface area (Å²) >= 11 is 0. The maximum atomic E-state index is 13.1. The van der Waals surface area contributed by atoms with Gasteiger partial charge in [0.25, 0.3) is 0 Å². The van der Waals surface area contributed by atoms with Crippen LogP contribution in [0.2, 0.25) is 0 Å². The summed E-state index contributed by atoms with van der Waals surface area (Å²) in [6, 6.07) is 8.34. The van der Waals surface area contributed by atoms with E-state index < -0.39 is 30.0 Å². The molecule has 0 saturated carbocycles. The zero-order valence-electron chi connectivity index (χ0n) is 14.5. The first-order valence-electron chi connectivity index (χ1n) is 8.27. The highest BCUT2D eigenvalue weighted by atomic mass is 19.2. The third-order valence-corrected chi connectivity index (χ3v) is 3.83. The molecule has 0 bridgehead atoms. The van der Waals surface area contributed by atoms with Gasteiger partial charge in [-0.05, 0) is 42.5 Å². The Labute approximate surface area is 157 Å². The lowest BCUT2D eigenvalue weighted by Gasteiger charge is -2.04. The molecule has 5 nitrogen and oxygen atoms in total. The lowest BCUT2D eigenvalue weighted by molar-refractivity contribution is -0.142. The summed E-state index contributed by atoms with van der Waals surface area (Å²) in [5.41, 5.74) is 0.545. The summed E-state index contributed by atoms with van der Waals surface area (Å²) < 4.78 is 49.3. The smallest absolute Gasteiger partial charge is 0.306 e. The number of ketones is 1. The number of carbonyl (C=O) groups excluding carboxylic acids is 2. The third kappa shape index (κ3) is 4.85. The predicted octanol–water partition coefficient (Wildman–Crippen LogP) is 4.12. The first kappa shape index (κ1) is 19.3. The van der Waals surface area contributed by atoms with Gasteiger partial charge in [-0.15, -0.1) is 0 Å². The van der Waals surface area contributed by atoms with E-state index in [1.807, 2.05) is 0 Å². The number of Topliss-reactive ketones (excluding diaryl/α,β-unsaturated/α-hetero) is 1. The van der Waals surface area contributed by atoms with Crippen molar-refractivity contribution in [3.05, 3.63) is 77.6 Å². The van der Waals surface area contributed by atoms with Crippen molar-refractivity contribution in [1.82, 2.24) is 4.98 Å². The Balaban J connectivity index is 1.48. The van der Waals surface area contributed by atoms with Crippen molar-refractivity contribution in [2.45, 2.75) is 12.8 Å². The van der Waals surface area contributed by atoms with Crippen LogP contribution in [-0.4, -0.2) is 23.3 Å². The zero-order chi connectivity index (χ0) is 20.1. The molecular formula is C20H14F3NO4. The minimum atomic E-state index is -1.15. The van der Waals surface area contributed by atoms with Crippen molar-refractivity contribution in [1.29, 1.82) is 0 Å². The topological polar surface area (TPSA) is 69.4 Å². The van der Waals surface area contributed by atoms with Gasteiger partial charge < -0.3 is 9.15 Å². The van der Waals surface area contributed by atoms with Gasteiger partial charge in [0.15, 0.2) is 35.7 Å². The number of ether oxygens (including phenoxy) is 1. The van der Waals surface area contributed by atoms with Crippen molar-refractivity contribution in [2.75, 3.05) is 6.61 Å². The first-order chi connectivity index (χ1) is 13.4. The first-order valence-corrected chi connectivity index (χ1v) is 8.27. The Kier molecular flexibility index (Phi) is 5.88. The van der Waals surface area contributed by atoms with Crippen molar-refractivity contribution < 1.29 is 31.9 Å². The van der Waals surface area contributed by atoms with Crippen LogP contribution < -0.4 is 0 Å². The number of esters is 1. The Morgan fingerprint density at radius 1 is 1.00 bits per heavy atom. The summed E-state index contributed by atoms with van der Waals surface area (Å²) in [7, 11) is 0. The van der Waals surface area contributed by atoms with Crippen LogP contribution in [0.4, 0.5) is 13.2 Å². The van der Waals surface area contributed by atoms with Gasteiger partial charge >= 0.3 is 5.97 Å². The molecule has 2 aromatic carbocycles. The average Bonchev–Trinajstić information content (AvgIpc) is 3.16. The Hall–Kier alpha value is -3.42. The number of carbonyl (C=O) groups is 2. The van der Waals surface area contributed by atoms with Crippen LogP contribution in [0.15, 0.2) is 53.1 Å². The molecule has 0 saturated heterocycles. The fraction of sp³-hybridized carbons (Fsp3) is 0.150. The molecule has 0 spiro atoms. The van der Waals surface area contributed by atoms with E-state index in [9.17, 15) is 22.8 Å². The number of halogens is 3. The second kappa shape index (κ2) is 8.51. The Morgan fingerprint density at radius 2 is 1.75 bits per heavy atom. The SMILES string of the molecule is O=C(CCc1ncc(-c2ccc(F)cc2)o1)OCC(=O)c1ccc(F)c(F)c1. The minimum Gasteiger partial charge on any atom is -0.457 e. The maximum absolute atomic E-state index is 13.1. The van der Waals surface area contributed by atoms with Crippen LogP contribution in [-0.2, 0) is 16.0 Å². The second-order valence-corrected chi connectivity index (χ2v) is 5.84. The van der Waals surface area contributed by atoms with E-state index in [2.05, 4.69) is 4.98 Å². The summed E-state index contributed by atoms with van der Waals surface area (Å²) in [6.07, 6.45) is 1.51. The number of oxazole rings is 1. The average molecular weight is 389 g/mol. The monoisotopic (exact) mass is 389 g/mol. The number of nitrogens with zero attached hydrogens (tertiary/aromatic N) is 1. The molecule has 1 heterocycles. The summed E-state index contributed by atoms with van der Waals surface area (Å²) in [4.78, 5) is 27.7. The highest BCUT2D eigenvalue weighted by Gasteiger charge is 2.14. The number of rotatable bonds is 7. The predicted molar refractivity (Wildman–Crippen MR) is 91.9 cm³/mol. The number of aromatic nitrogens is 1. The molecule has 3 aromatic rings. The van der Waals surface area contributed by atoms with Crippen LogP contribution in [0, 0.1) is 17.5 Å². The molecule has 0 N–H and O–H groups in total. The fourth-order valence-electron chi connectivity index (χ4n) is 2.35. The molecule has 0 unspecified atom stereocenters. The van der Waals surface area contributed by atoms with Crippen molar-refractivity contribution in [3.63, 3.8) is 0 Å². The Bertz CT molecular complexity index is 999. The van der Waals surface area contributed by atoms with Gasteiger partial charge in [0.1, 0.15) is 5.82 Å². The number of benzene rings is 2. The molecule has 0 amide bonds. The normalized spacial score (nSPS) is 10.7. The van der Waals surface area contributed by atoms with E-state index >= 15 is 0 Å². The van der Waals surface area contributed by atoms with E-state index in [0.717, 1.165) is 18.2 Å². The third-order valence-electron chi connectivity index (χ3n) is 3.83. The number of aryl methyl sites for hydroxylation is 1. The van der Waals surface area contributed by atoms with Crippen molar-refractivity contribution in [3.8, 4) is 11.3 Å². The molecule has 1 aromatic heterocycles. The van der Waals surface area contributed by atoms with Gasteiger partial charge in [-0.1, -0.05) is 0 Å². The van der Waals surface area contributed by atoms with E-state index in [1.54, 1.807) is 0 Å². The maximum Gasteiger partial charge on any atom is 0.306 e. The van der Waals surface area contributed by atoms with Crippen molar-refractivity contribution >= 4 is 11.8 Å². The Morgan fingerprint density at radius 3 is 2.46 bits per heavy atom. The molecule has 144 valence electrons. The van der Waals surface area contributed by atoms with Gasteiger partial charge in [-0.25, -0.2) is 18.2 Å². The quantitative estimate of drug-likeness (QED) is 0.449. The number of hydrogen-bond donors (Lipinski definition) is 0. The molecule has 0 aliphatic carbocycles. The van der Waals surface area contributed by atoms with E-state index in [0.29, 0.717) is 11.3 Å². The van der Waals surface area contributed by atoms with Gasteiger partial charge in [0, 0.05) is 17.5 Å². The molecule has 0 radical (unpaired) electrons. The van der Waals surface area contributed by atoms with Crippen LogP contribution in [0.3, 0.4) is 0 Å². The summed E-state index contributed by atoms with van der Waals surface area (Å²) in [5.74, 6) is -3.21. The fourth-order valence-corrected chi connectivity index (χ4v) is 2.35. The molecule has 0 aliphatic rings. The highest BCUT2D eigenvalue weighted by Crippen LogP contribution is 2.21. The van der Waals surface area contributed by atoms with Crippen molar-refractivity contribution in [2.24, 2.45) is 0 Å². The molecule has 0 atom stereocenters. The van der Waals surface area contributed by atoms with Gasteiger partial charge in [0.05, 0.1) is 12.6 Å². The summed E-state index contributed by atoms with van der Waals surface area (Å²) in [6.45, 7) is -0.587. The van der Waals surface area contributed by atoms with E-state index in [4.69, 9.17) is 9.15 Å². The molecular weight excluding hydrogens is 375 g/mol. The van der Waals surface area contributed by atoms with Crippen LogP contribution in [0.5, 0.6) is 0 Å². The molecule has 3 rings (SSSR count). The van der Waals surface area contributed by atoms with Gasteiger partial charge in [0.2, 0.25) is 0 Å². The zero-order valence-corrected chi connectivity index (χ0v) is 14.5. The van der Waals surface area contributed by atoms with E-state index in [1.165, 1.54) is 30.5 Å². The van der Waals surface area contributed by atoms with Crippen LogP contribution in [0.1, 0.15) is 22.7 Å². The van der Waals surface area contributed by atoms with Crippen LogP contribution >= 0.6 is 0 Å². The second-order valence-electron chi connectivity index (χ2n) is 5.84. The van der Waals surface area contributed by atoms with Gasteiger partial charge in [-0.2, -0.15) is 0 Å². The lowest BCUT2D eigenvalue weighted by atomic mass is 10.1. The molecule has 8 heteroatoms.